The lowest BCUT2D eigenvalue weighted by Gasteiger charge is -2.31. The van der Waals surface area contributed by atoms with Crippen LogP contribution in [0.2, 0.25) is 0 Å². The number of piperazine rings is 1. The Morgan fingerprint density at radius 3 is 2.27 bits per heavy atom. The lowest BCUT2D eigenvalue weighted by molar-refractivity contribution is -0.895. The van der Waals surface area contributed by atoms with Gasteiger partial charge in [0.15, 0.2) is 6.54 Å². The zero-order valence-corrected chi connectivity index (χ0v) is 16.3. The Morgan fingerprint density at radius 2 is 1.73 bits per heavy atom. The maximum atomic E-state index is 12.7. The molecule has 1 aromatic carbocycles. The summed E-state index contributed by atoms with van der Waals surface area (Å²) in [6.45, 7) is 3.98. The van der Waals surface area contributed by atoms with E-state index >= 15 is 0 Å². The van der Waals surface area contributed by atoms with Gasteiger partial charge >= 0.3 is 0 Å². The third-order valence-corrected chi connectivity index (χ3v) is 6.35. The van der Waals surface area contributed by atoms with Gasteiger partial charge < -0.3 is 15.1 Å². The summed E-state index contributed by atoms with van der Waals surface area (Å²) in [5.74, 6) is -0.368. The van der Waals surface area contributed by atoms with Gasteiger partial charge in [0.25, 0.3) is 5.91 Å². The van der Waals surface area contributed by atoms with E-state index in [1.165, 1.54) is 9.21 Å². The summed E-state index contributed by atoms with van der Waals surface area (Å²) in [4.78, 5) is 26.1. The molecule has 2 amide bonds. The fourth-order valence-electron chi connectivity index (χ4n) is 2.70. The smallest absolute Gasteiger partial charge is 0.275 e. The third-order valence-electron chi connectivity index (χ3n) is 4.43. The molecule has 1 aromatic rings. The Bertz CT molecular complexity index is 739. The van der Waals surface area contributed by atoms with Gasteiger partial charge in [-0.2, -0.15) is 4.31 Å². The van der Waals surface area contributed by atoms with Crippen LogP contribution in [0.5, 0.6) is 0 Å². The molecule has 2 N–H and O–H groups in total. The monoisotopic (exact) mass is 383 g/mol. The SMILES string of the molecule is Cc1ccc(S(=O)(=O)N2CC[NH+](CC(=O)NCC(=O)N(C)C)CC2)cc1. The van der Waals surface area contributed by atoms with Gasteiger partial charge in [0.05, 0.1) is 37.6 Å². The van der Waals surface area contributed by atoms with Gasteiger partial charge in [-0.1, -0.05) is 17.7 Å². The number of carbonyl (C=O) groups excluding carboxylic acids is 2. The highest BCUT2D eigenvalue weighted by molar-refractivity contribution is 7.89. The number of aryl methyl sites for hydroxylation is 1. The molecule has 1 saturated heterocycles. The zero-order valence-electron chi connectivity index (χ0n) is 15.5. The highest BCUT2D eigenvalue weighted by Crippen LogP contribution is 2.16. The molecule has 1 aliphatic rings. The van der Waals surface area contributed by atoms with E-state index < -0.39 is 10.0 Å². The van der Waals surface area contributed by atoms with Crippen molar-refractivity contribution in [1.82, 2.24) is 14.5 Å². The second-order valence-corrected chi connectivity index (χ2v) is 8.65. The first kappa shape index (κ1) is 20.3. The molecule has 1 heterocycles. The number of nitrogens with zero attached hydrogens (tertiary/aromatic N) is 2. The summed E-state index contributed by atoms with van der Waals surface area (Å²) < 4.78 is 26.8. The van der Waals surface area contributed by atoms with Crippen molar-refractivity contribution in [3.63, 3.8) is 0 Å². The molecule has 0 spiro atoms. The normalized spacial score (nSPS) is 16.3. The minimum Gasteiger partial charge on any atom is -0.347 e. The van der Waals surface area contributed by atoms with Crippen LogP contribution in [-0.2, 0) is 19.6 Å². The Hall–Kier alpha value is -1.97. The molecule has 0 radical (unpaired) electrons. The number of nitrogens with one attached hydrogen (secondary N) is 2. The van der Waals surface area contributed by atoms with Crippen molar-refractivity contribution >= 4 is 21.8 Å². The van der Waals surface area contributed by atoms with Crippen LogP contribution in [0.3, 0.4) is 0 Å². The van der Waals surface area contributed by atoms with Gasteiger partial charge in [0.1, 0.15) is 0 Å². The van der Waals surface area contributed by atoms with E-state index in [1.807, 2.05) is 6.92 Å². The van der Waals surface area contributed by atoms with Crippen LogP contribution in [0.25, 0.3) is 0 Å². The van der Waals surface area contributed by atoms with Crippen LogP contribution in [0.4, 0.5) is 0 Å². The number of quaternary nitrogens is 1. The Morgan fingerprint density at radius 1 is 1.15 bits per heavy atom. The van der Waals surface area contributed by atoms with Crippen LogP contribution < -0.4 is 10.2 Å². The fourth-order valence-corrected chi connectivity index (χ4v) is 4.14. The highest BCUT2D eigenvalue weighted by Gasteiger charge is 2.31. The fraction of sp³-hybridized carbons (Fsp3) is 0.529. The number of hydrogen-bond acceptors (Lipinski definition) is 4. The number of benzene rings is 1. The van der Waals surface area contributed by atoms with Crippen LogP contribution >= 0.6 is 0 Å². The Labute approximate surface area is 154 Å². The Balaban J connectivity index is 1.84. The van der Waals surface area contributed by atoms with Crippen molar-refractivity contribution in [2.45, 2.75) is 11.8 Å². The van der Waals surface area contributed by atoms with Crippen molar-refractivity contribution in [2.75, 3.05) is 53.4 Å². The lowest BCUT2D eigenvalue weighted by Crippen LogP contribution is -3.15. The summed E-state index contributed by atoms with van der Waals surface area (Å²) in [6.07, 6.45) is 0. The molecular formula is C17H27N4O4S+. The van der Waals surface area contributed by atoms with Gasteiger partial charge in [0.2, 0.25) is 15.9 Å². The molecule has 1 fully saturated rings. The molecule has 0 unspecified atom stereocenters. The minimum absolute atomic E-state index is 0.0208. The molecule has 8 nitrogen and oxygen atoms in total. The minimum atomic E-state index is -3.49. The summed E-state index contributed by atoms with van der Waals surface area (Å²) in [5.41, 5.74) is 1.01. The molecule has 0 saturated carbocycles. The molecule has 0 aliphatic carbocycles. The number of amides is 2. The quantitative estimate of drug-likeness (QED) is 0.600. The predicted octanol–water partition coefficient (Wildman–Crippen LogP) is -1.91. The van der Waals surface area contributed by atoms with Crippen LogP contribution in [0.1, 0.15) is 5.56 Å². The molecule has 2 rings (SSSR count). The highest BCUT2D eigenvalue weighted by atomic mass is 32.2. The van der Waals surface area contributed by atoms with E-state index in [-0.39, 0.29) is 24.9 Å². The van der Waals surface area contributed by atoms with E-state index in [2.05, 4.69) is 5.32 Å². The predicted molar refractivity (Wildman–Crippen MR) is 97.2 cm³/mol. The molecule has 0 atom stereocenters. The average Bonchev–Trinajstić information content (AvgIpc) is 2.60. The average molecular weight is 383 g/mol. The van der Waals surface area contributed by atoms with E-state index in [9.17, 15) is 18.0 Å². The van der Waals surface area contributed by atoms with Gasteiger partial charge in [-0.25, -0.2) is 8.42 Å². The van der Waals surface area contributed by atoms with E-state index in [0.29, 0.717) is 31.1 Å². The number of likely N-dealkylation sites (N-methyl/N-ethyl adjacent to an activating group) is 1. The standard InChI is InChI=1S/C17H26N4O4S/c1-14-4-6-15(7-5-14)26(24,25)21-10-8-20(9-11-21)13-16(22)18-12-17(23)19(2)3/h4-7H,8-13H2,1-3H3,(H,18,22)/p+1. The van der Waals surface area contributed by atoms with Gasteiger partial charge in [-0.05, 0) is 19.1 Å². The van der Waals surface area contributed by atoms with Crippen molar-refractivity contribution in [3.05, 3.63) is 29.8 Å². The number of hydrogen-bond donors (Lipinski definition) is 2. The number of rotatable bonds is 6. The number of sulfonamides is 1. The number of carbonyl (C=O) groups is 2. The maximum absolute atomic E-state index is 12.7. The second kappa shape index (κ2) is 8.61. The molecule has 9 heteroatoms. The third kappa shape index (κ3) is 5.26. The van der Waals surface area contributed by atoms with Gasteiger partial charge in [-0.3, -0.25) is 9.59 Å². The zero-order chi connectivity index (χ0) is 19.3. The van der Waals surface area contributed by atoms with Crippen molar-refractivity contribution in [1.29, 1.82) is 0 Å². The second-order valence-electron chi connectivity index (χ2n) is 6.71. The molecule has 144 valence electrons. The van der Waals surface area contributed by atoms with E-state index in [4.69, 9.17) is 0 Å². The van der Waals surface area contributed by atoms with Crippen LogP contribution in [0, 0.1) is 6.92 Å². The first-order valence-electron chi connectivity index (χ1n) is 8.57. The van der Waals surface area contributed by atoms with Crippen molar-refractivity contribution < 1.29 is 22.9 Å². The molecular weight excluding hydrogens is 356 g/mol. The molecule has 1 aliphatic heterocycles. The summed E-state index contributed by atoms with van der Waals surface area (Å²) >= 11 is 0. The van der Waals surface area contributed by atoms with Gasteiger partial charge in [-0.15, -0.1) is 0 Å². The maximum Gasteiger partial charge on any atom is 0.275 e. The largest absolute Gasteiger partial charge is 0.347 e. The van der Waals surface area contributed by atoms with Crippen LogP contribution in [0.15, 0.2) is 29.2 Å². The molecule has 26 heavy (non-hydrogen) atoms. The molecule has 0 bridgehead atoms. The first-order valence-corrected chi connectivity index (χ1v) is 10.0. The van der Waals surface area contributed by atoms with E-state index in [1.54, 1.807) is 38.4 Å². The lowest BCUT2D eigenvalue weighted by atomic mass is 10.2. The van der Waals surface area contributed by atoms with Gasteiger partial charge in [0, 0.05) is 14.1 Å². The topological polar surface area (TPSA) is 91.2 Å². The summed E-state index contributed by atoms with van der Waals surface area (Å²) in [6, 6.07) is 6.82. The van der Waals surface area contributed by atoms with Crippen LogP contribution in [-0.4, -0.2) is 82.8 Å². The first-order chi connectivity index (χ1) is 12.2. The Kier molecular flexibility index (Phi) is 6.74. The molecule has 0 aromatic heterocycles. The van der Waals surface area contributed by atoms with Crippen molar-refractivity contribution in [3.8, 4) is 0 Å². The summed E-state index contributed by atoms with van der Waals surface area (Å²) in [5, 5.41) is 2.60. The van der Waals surface area contributed by atoms with E-state index in [0.717, 1.165) is 10.5 Å². The summed E-state index contributed by atoms with van der Waals surface area (Å²) in [7, 11) is -0.228. The van der Waals surface area contributed by atoms with Crippen molar-refractivity contribution in [2.24, 2.45) is 0 Å².